The van der Waals surface area contributed by atoms with Crippen molar-refractivity contribution in [1.82, 2.24) is 19.3 Å². The average molecular weight is 312 g/mol. The normalized spacial score (nSPS) is 18.3. The molecule has 1 aliphatic heterocycles. The number of nitrogens with zero attached hydrogens (tertiary/aromatic N) is 4. The summed E-state index contributed by atoms with van der Waals surface area (Å²) in [7, 11) is 0. The first-order chi connectivity index (χ1) is 10.4. The van der Waals surface area contributed by atoms with Gasteiger partial charge in [0, 0.05) is 18.7 Å². The van der Waals surface area contributed by atoms with Crippen LogP contribution in [0.4, 0.5) is 13.2 Å². The minimum atomic E-state index is -4.46. The number of halogens is 3. The van der Waals surface area contributed by atoms with Crippen LogP contribution in [0.15, 0.2) is 23.1 Å². The van der Waals surface area contributed by atoms with E-state index >= 15 is 0 Å². The topological polar surface area (TPSA) is 52.7 Å². The summed E-state index contributed by atoms with van der Waals surface area (Å²) in [5.74, 6) is 0.963. The predicted molar refractivity (Wildman–Crippen MR) is 72.5 cm³/mol. The molecule has 8 heteroatoms. The Morgan fingerprint density at radius 2 is 2.14 bits per heavy atom. The Kier molecular flexibility index (Phi) is 3.54. The molecule has 3 rings (SSSR count). The van der Waals surface area contributed by atoms with E-state index in [0.29, 0.717) is 12.1 Å². The van der Waals surface area contributed by atoms with Crippen LogP contribution in [0.25, 0.3) is 0 Å². The van der Waals surface area contributed by atoms with Crippen LogP contribution >= 0.6 is 0 Å². The van der Waals surface area contributed by atoms with Gasteiger partial charge in [-0.25, -0.2) is 9.48 Å². The molecule has 2 aromatic rings. The first-order valence-corrected chi connectivity index (χ1v) is 7.06. The molecule has 5 nitrogen and oxygen atoms in total. The maximum atomic E-state index is 12.5. The Labute approximate surface area is 124 Å². The molecule has 0 bridgehead atoms. The Morgan fingerprint density at radius 1 is 1.36 bits per heavy atom. The van der Waals surface area contributed by atoms with Crippen molar-refractivity contribution in [3.8, 4) is 0 Å². The molecule has 0 aliphatic carbocycles. The standard InChI is InChI=1S/C14H15F3N4O/c1-9-3-2-6-20-12(9)19-21(13(20)22)8-10-4-5-11(18-7-10)14(15,16)17/h4-5,7,9H,2-3,6,8H2,1H3/t9-/m1/s1. The van der Waals surface area contributed by atoms with Gasteiger partial charge in [0.15, 0.2) is 0 Å². The first kappa shape index (κ1) is 14.8. The maximum Gasteiger partial charge on any atom is 0.433 e. The van der Waals surface area contributed by atoms with Crippen molar-refractivity contribution in [2.75, 3.05) is 0 Å². The molecule has 0 aromatic carbocycles. The van der Waals surface area contributed by atoms with Crippen LogP contribution in [0.3, 0.4) is 0 Å². The number of hydrogen-bond acceptors (Lipinski definition) is 3. The zero-order valence-corrected chi connectivity index (χ0v) is 12.0. The van der Waals surface area contributed by atoms with Crippen LogP contribution in [-0.2, 0) is 19.3 Å². The van der Waals surface area contributed by atoms with Gasteiger partial charge in [0.25, 0.3) is 0 Å². The number of alkyl halides is 3. The maximum absolute atomic E-state index is 12.5. The third-order valence-corrected chi connectivity index (χ3v) is 3.86. The molecule has 0 amide bonds. The number of aromatic nitrogens is 4. The minimum Gasteiger partial charge on any atom is -0.279 e. The van der Waals surface area contributed by atoms with Crippen LogP contribution in [0.1, 0.15) is 42.8 Å². The van der Waals surface area contributed by atoms with Crippen molar-refractivity contribution in [3.05, 3.63) is 45.9 Å². The van der Waals surface area contributed by atoms with E-state index < -0.39 is 11.9 Å². The molecule has 0 N–H and O–H groups in total. The Bertz CT molecular complexity index is 730. The first-order valence-electron chi connectivity index (χ1n) is 7.06. The van der Waals surface area contributed by atoms with E-state index in [1.165, 1.54) is 10.7 Å². The fourth-order valence-electron chi connectivity index (χ4n) is 2.68. The van der Waals surface area contributed by atoms with Crippen molar-refractivity contribution in [1.29, 1.82) is 0 Å². The fourth-order valence-corrected chi connectivity index (χ4v) is 2.68. The van der Waals surface area contributed by atoms with Gasteiger partial charge in [-0.2, -0.15) is 18.3 Å². The molecular formula is C14H15F3N4O. The number of fused-ring (bicyclic) bond motifs is 1. The molecule has 0 spiro atoms. The number of hydrogen-bond donors (Lipinski definition) is 0. The van der Waals surface area contributed by atoms with E-state index in [2.05, 4.69) is 10.1 Å². The summed E-state index contributed by atoms with van der Waals surface area (Å²) in [6.45, 7) is 2.78. The minimum absolute atomic E-state index is 0.122. The second-order valence-electron chi connectivity index (χ2n) is 5.54. The zero-order valence-electron chi connectivity index (χ0n) is 12.0. The molecule has 2 aromatic heterocycles. The van der Waals surface area contributed by atoms with Gasteiger partial charge in [0.2, 0.25) is 0 Å². The van der Waals surface area contributed by atoms with Gasteiger partial charge in [-0.3, -0.25) is 9.55 Å². The summed E-state index contributed by atoms with van der Waals surface area (Å²) in [4.78, 5) is 15.7. The summed E-state index contributed by atoms with van der Waals surface area (Å²) in [5.41, 5.74) is -0.652. The van der Waals surface area contributed by atoms with E-state index in [-0.39, 0.29) is 18.2 Å². The smallest absolute Gasteiger partial charge is 0.279 e. The highest BCUT2D eigenvalue weighted by molar-refractivity contribution is 5.16. The second-order valence-corrected chi connectivity index (χ2v) is 5.54. The molecular weight excluding hydrogens is 297 g/mol. The van der Waals surface area contributed by atoms with Crippen LogP contribution in [0.5, 0.6) is 0 Å². The second kappa shape index (κ2) is 5.26. The predicted octanol–water partition coefficient (Wildman–Crippen LogP) is 2.40. The molecule has 118 valence electrons. The van der Waals surface area contributed by atoms with Crippen LogP contribution in [0, 0.1) is 0 Å². The van der Waals surface area contributed by atoms with Crippen molar-refractivity contribution in [2.24, 2.45) is 0 Å². The summed E-state index contributed by atoms with van der Waals surface area (Å²) in [5, 5.41) is 4.31. The fraction of sp³-hybridized carbons (Fsp3) is 0.500. The van der Waals surface area contributed by atoms with Gasteiger partial charge >= 0.3 is 11.9 Å². The summed E-state index contributed by atoms with van der Waals surface area (Å²) < 4.78 is 40.4. The van der Waals surface area contributed by atoms with E-state index in [1.54, 1.807) is 4.57 Å². The van der Waals surface area contributed by atoms with Crippen LogP contribution in [0.2, 0.25) is 0 Å². The highest BCUT2D eigenvalue weighted by Gasteiger charge is 2.32. The van der Waals surface area contributed by atoms with Crippen molar-refractivity contribution < 1.29 is 13.2 Å². The Balaban J connectivity index is 1.86. The monoisotopic (exact) mass is 312 g/mol. The highest BCUT2D eigenvalue weighted by atomic mass is 19.4. The number of rotatable bonds is 2. The molecule has 0 saturated heterocycles. The van der Waals surface area contributed by atoms with E-state index in [9.17, 15) is 18.0 Å². The average Bonchev–Trinajstić information content (AvgIpc) is 2.77. The molecule has 0 radical (unpaired) electrons. The summed E-state index contributed by atoms with van der Waals surface area (Å²) in [6, 6.07) is 2.24. The Morgan fingerprint density at radius 3 is 2.73 bits per heavy atom. The van der Waals surface area contributed by atoms with E-state index in [0.717, 1.165) is 30.9 Å². The lowest BCUT2D eigenvalue weighted by atomic mass is 10.0. The lowest BCUT2D eigenvalue weighted by molar-refractivity contribution is -0.141. The van der Waals surface area contributed by atoms with Crippen molar-refractivity contribution in [3.63, 3.8) is 0 Å². The van der Waals surface area contributed by atoms with Gasteiger partial charge in [-0.05, 0) is 24.5 Å². The largest absolute Gasteiger partial charge is 0.433 e. The highest BCUT2D eigenvalue weighted by Crippen LogP contribution is 2.27. The molecule has 1 aliphatic rings. The molecule has 1 atom stereocenters. The zero-order chi connectivity index (χ0) is 15.9. The van der Waals surface area contributed by atoms with Gasteiger partial charge in [0.1, 0.15) is 11.5 Å². The summed E-state index contributed by atoms with van der Waals surface area (Å²) in [6.07, 6.45) is -1.41. The molecule has 3 heterocycles. The van der Waals surface area contributed by atoms with Gasteiger partial charge in [-0.1, -0.05) is 13.0 Å². The van der Waals surface area contributed by atoms with Crippen LogP contribution < -0.4 is 5.69 Å². The van der Waals surface area contributed by atoms with E-state index in [1.807, 2.05) is 6.92 Å². The van der Waals surface area contributed by atoms with Crippen molar-refractivity contribution in [2.45, 2.75) is 44.9 Å². The molecule has 22 heavy (non-hydrogen) atoms. The number of pyridine rings is 1. The lowest BCUT2D eigenvalue weighted by Crippen LogP contribution is -2.28. The third kappa shape index (κ3) is 2.65. The van der Waals surface area contributed by atoms with Crippen molar-refractivity contribution >= 4 is 0 Å². The molecule has 0 fully saturated rings. The molecule has 0 unspecified atom stereocenters. The van der Waals surface area contributed by atoms with Gasteiger partial charge < -0.3 is 0 Å². The quantitative estimate of drug-likeness (QED) is 0.855. The molecule has 0 saturated carbocycles. The Hall–Kier alpha value is -2.12. The van der Waals surface area contributed by atoms with Gasteiger partial charge in [0.05, 0.1) is 6.54 Å². The lowest BCUT2D eigenvalue weighted by Gasteiger charge is -2.17. The van der Waals surface area contributed by atoms with Gasteiger partial charge in [-0.15, -0.1) is 0 Å². The van der Waals surface area contributed by atoms with Crippen LogP contribution in [-0.4, -0.2) is 19.3 Å². The van der Waals surface area contributed by atoms with E-state index in [4.69, 9.17) is 0 Å². The third-order valence-electron chi connectivity index (χ3n) is 3.86. The summed E-state index contributed by atoms with van der Waals surface area (Å²) >= 11 is 0. The SMILES string of the molecule is C[C@@H]1CCCn2c1nn(Cc1ccc(C(F)(F)F)nc1)c2=O.